The molecule has 1 heterocycles. The summed E-state index contributed by atoms with van der Waals surface area (Å²) in [7, 11) is 0. The van der Waals surface area contributed by atoms with Gasteiger partial charge >= 0.3 is 0 Å². The molecule has 3 N–H and O–H groups in total. The molecule has 1 aliphatic rings. The van der Waals surface area contributed by atoms with Gasteiger partial charge in [-0.15, -0.1) is 12.4 Å². The van der Waals surface area contributed by atoms with Crippen molar-refractivity contribution in [1.82, 2.24) is 9.97 Å². The Labute approximate surface area is 113 Å². The van der Waals surface area contributed by atoms with E-state index in [1.54, 1.807) is 6.07 Å². The van der Waals surface area contributed by atoms with Crippen molar-refractivity contribution in [3.63, 3.8) is 0 Å². The molecule has 6 heteroatoms. The molecule has 17 heavy (non-hydrogen) atoms. The molecule has 0 aliphatic heterocycles. The average Bonchev–Trinajstić information content (AvgIpc) is 2.20. The zero-order chi connectivity index (χ0) is 11.5. The molecule has 0 radical (unpaired) electrons. The molecular weight excluding hydrogens is 259 g/mol. The van der Waals surface area contributed by atoms with Gasteiger partial charge in [-0.2, -0.15) is 0 Å². The third-order valence-electron chi connectivity index (χ3n) is 2.93. The maximum absolute atomic E-state index is 5.88. The van der Waals surface area contributed by atoms with Crippen molar-refractivity contribution >= 4 is 30.0 Å². The summed E-state index contributed by atoms with van der Waals surface area (Å²) >= 11 is 5.88. The third kappa shape index (κ3) is 4.30. The predicted octanol–water partition coefficient (Wildman–Crippen LogP) is 2.54. The number of hydrogen-bond donors (Lipinski definition) is 2. The number of rotatable bonds is 2. The van der Waals surface area contributed by atoms with E-state index >= 15 is 0 Å². The molecule has 0 unspecified atom stereocenters. The Kier molecular flexibility index (Phi) is 5.43. The van der Waals surface area contributed by atoms with Gasteiger partial charge in [-0.3, -0.25) is 0 Å². The van der Waals surface area contributed by atoms with Crippen LogP contribution in [-0.2, 0) is 0 Å². The summed E-state index contributed by atoms with van der Waals surface area (Å²) in [6.45, 7) is 1.91. The first-order valence-electron chi connectivity index (χ1n) is 5.67. The van der Waals surface area contributed by atoms with Gasteiger partial charge in [-0.1, -0.05) is 11.6 Å². The summed E-state index contributed by atoms with van der Waals surface area (Å²) in [6, 6.07) is 2.54. The lowest BCUT2D eigenvalue weighted by Gasteiger charge is -2.26. The molecule has 4 nitrogen and oxygen atoms in total. The Balaban J connectivity index is 0.00000144. The predicted molar refractivity (Wildman–Crippen MR) is 72.9 cm³/mol. The highest BCUT2D eigenvalue weighted by atomic mass is 35.5. The van der Waals surface area contributed by atoms with Crippen LogP contribution in [0.1, 0.15) is 31.4 Å². The SMILES string of the molecule is Cc1cc(Cl)nc(NC2CCC(N)CC2)n1.Cl. The summed E-state index contributed by atoms with van der Waals surface area (Å²) in [5.41, 5.74) is 6.74. The van der Waals surface area contributed by atoms with Crippen molar-refractivity contribution in [2.45, 2.75) is 44.7 Å². The van der Waals surface area contributed by atoms with Crippen LogP contribution < -0.4 is 11.1 Å². The summed E-state index contributed by atoms with van der Waals surface area (Å²) in [5.74, 6) is 0.630. The maximum atomic E-state index is 5.88. The van der Waals surface area contributed by atoms with Crippen molar-refractivity contribution in [1.29, 1.82) is 0 Å². The van der Waals surface area contributed by atoms with E-state index in [2.05, 4.69) is 15.3 Å². The van der Waals surface area contributed by atoms with Crippen LogP contribution in [-0.4, -0.2) is 22.1 Å². The van der Waals surface area contributed by atoms with Crippen LogP contribution in [0.5, 0.6) is 0 Å². The number of nitrogens with two attached hydrogens (primary N) is 1. The first-order chi connectivity index (χ1) is 7.63. The van der Waals surface area contributed by atoms with Crippen LogP contribution in [0.4, 0.5) is 5.95 Å². The van der Waals surface area contributed by atoms with Crippen LogP contribution in [0.2, 0.25) is 5.15 Å². The second-order valence-corrected chi connectivity index (χ2v) is 4.80. The molecule has 1 aromatic heterocycles. The van der Waals surface area contributed by atoms with Crippen LogP contribution in [0.25, 0.3) is 0 Å². The lowest BCUT2D eigenvalue weighted by molar-refractivity contribution is 0.410. The molecule has 0 spiro atoms. The third-order valence-corrected chi connectivity index (χ3v) is 3.12. The standard InChI is InChI=1S/C11H17ClN4.ClH/c1-7-6-10(12)16-11(14-7)15-9-4-2-8(13)3-5-9;/h6,8-9H,2-5,13H2,1H3,(H,14,15,16);1H. The highest BCUT2D eigenvalue weighted by Gasteiger charge is 2.19. The Hall–Kier alpha value is -0.580. The van der Waals surface area contributed by atoms with Gasteiger partial charge in [0.1, 0.15) is 5.15 Å². The normalized spacial score (nSPS) is 23.9. The molecule has 1 saturated carbocycles. The van der Waals surface area contributed by atoms with E-state index in [-0.39, 0.29) is 12.4 Å². The van der Waals surface area contributed by atoms with E-state index in [0.29, 0.717) is 23.2 Å². The molecule has 2 rings (SSSR count). The van der Waals surface area contributed by atoms with Gasteiger partial charge in [-0.05, 0) is 38.7 Å². The van der Waals surface area contributed by atoms with Crippen LogP contribution in [0.3, 0.4) is 0 Å². The van der Waals surface area contributed by atoms with Crippen LogP contribution in [0, 0.1) is 6.92 Å². The van der Waals surface area contributed by atoms with E-state index in [0.717, 1.165) is 31.4 Å². The summed E-state index contributed by atoms with van der Waals surface area (Å²) in [6.07, 6.45) is 4.29. The lowest BCUT2D eigenvalue weighted by Crippen LogP contribution is -2.33. The van der Waals surface area contributed by atoms with Gasteiger partial charge in [0.15, 0.2) is 0 Å². The molecule has 0 aromatic carbocycles. The van der Waals surface area contributed by atoms with Gasteiger partial charge in [0.2, 0.25) is 5.95 Å². The van der Waals surface area contributed by atoms with Crippen LogP contribution in [0.15, 0.2) is 6.07 Å². The monoisotopic (exact) mass is 276 g/mol. The number of aromatic nitrogens is 2. The minimum absolute atomic E-state index is 0. The van der Waals surface area contributed by atoms with Gasteiger partial charge in [0.05, 0.1) is 0 Å². The van der Waals surface area contributed by atoms with Gasteiger partial charge < -0.3 is 11.1 Å². The Morgan fingerprint density at radius 3 is 2.53 bits per heavy atom. The number of halogens is 2. The van der Waals surface area contributed by atoms with Crippen LogP contribution >= 0.6 is 24.0 Å². The molecule has 0 amide bonds. The van der Waals surface area contributed by atoms with Crippen molar-refractivity contribution in [3.05, 3.63) is 16.9 Å². The summed E-state index contributed by atoms with van der Waals surface area (Å²) in [4.78, 5) is 8.47. The second kappa shape index (κ2) is 6.38. The van der Waals surface area contributed by atoms with Gasteiger partial charge in [-0.25, -0.2) is 9.97 Å². The summed E-state index contributed by atoms with van der Waals surface area (Å²) in [5, 5.41) is 3.81. The van der Waals surface area contributed by atoms with E-state index in [9.17, 15) is 0 Å². The van der Waals surface area contributed by atoms with Crippen molar-refractivity contribution in [3.8, 4) is 0 Å². The van der Waals surface area contributed by atoms with Gasteiger partial charge in [0.25, 0.3) is 0 Å². The molecule has 0 bridgehead atoms. The average molecular weight is 277 g/mol. The zero-order valence-corrected chi connectivity index (χ0v) is 11.4. The Morgan fingerprint density at radius 1 is 1.29 bits per heavy atom. The van der Waals surface area contributed by atoms with E-state index in [4.69, 9.17) is 17.3 Å². The number of aryl methyl sites for hydroxylation is 1. The quantitative estimate of drug-likeness (QED) is 0.815. The van der Waals surface area contributed by atoms with Crippen molar-refractivity contribution in [2.75, 3.05) is 5.32 Å². The zero-order valence-electron chi connectivity index (χ0n) is 9.82. The van der Waals surface area contributed by atoms with E-state index < -0.39 is 0 Å². The highest BCUT2D eigenvalue weighted by Crippen LogP contribution is 2.20. The Morgan fingerprint density at radius 2 is 1.94 bits per heavy atom. The fourth-order valence-electron chi connectivity index (χ4n) is 2.04. The molecule has 1 aliphatic carbocycles. The first kappa shape index (κ1) is 14.5. The molecule has 1 aromatic rings. The molecule has 1 fully saturated rings. The fourth-order valence-corrected chi connectivity index (χ4v) is 2.28. The second-order valence-electron chi connectivity index (χ2n) is 4.41. The molecule has 0 saturated heterocycles. The maximum Gasteiger partial charge on any atom is 0.224 e. The van der Waals surface area contributed by atoms with Crippen molar-refractivity contribution < 1.29 is 0 Å². The lowest BCUT2D eigenvalue weighted by atomic mass is 9.92. The number of nitrogens with zero attached hydrogens (tertiary/aromatic N) is 2. The molecular formula is C11H18Cl2N4. The van der Waals surface area contributed by atoms with Crippen molar-refractivity contribution in [2.24, 2.45) is 5.73 Å². The minimum Gasteiger partial charge on any atom is -0.351 e. The molecule has 96 valence electrons. The Bertz CT molecular complexity index is 344. The number of anilines is 1. The first-order valence-corrected chi connectivity index (χ1v) is 6.04. The largest absolute Gasteiger partial charge is 0.351 e. The molecule has 0 atom stereocenters. The van der Waals surface area contributed by atoms with E-state index in [1.807, 2.05) is 6.92 Å². The number of hydrogen-bond acceptors (Lipinski definition) is 4. The highest BCUT2D eigenvalue weighted by molar-refractivity contribution is 6.29. The van der Waals surface area contributed by atoms with Gasteiger partial charge in [0, 0.05) is 17.8 Å². The fraction of sp³-hybridized carbons (Fsp3) is 0.636. The number of nitrogens with one attached hydrogen (secondary N) is 1. The van der Waals surface area contributed by atoms with E-state index in [1.165, 1.54) is 0 Å². The smallest absolute Gasteiger partial charge is 0.224 e. The minimum atomic E-state index is 0. The summed E-state index contributed by atoms with van der Waals surface area (Å²) < 4.78 is 0. The topological polar surface area (TPSA) is 63.8 Å².